The van der Waals surface area contributed by atoms with E-state index in [2.05, 4.69) is 10.1 Å². The fourth-order valence-corrected chi connectivity index (χ4v) is 4.33. The number of anilines is 1. The molecule has 8 nitrogen and oxygen atoms in total. The summed E-state index contributed by atoms with van der Waals surface area (Å²) in [4.78, 5) is 33.3. The van der Waals surface area contributed by atoms with Crippen molar-refractivity contribution in [2.24, 2.45) is 5.92 Å². The first kappa shape index (κ1) is 20.2. The molecule has 0 N–H and O–H groups in total. The van der Waals surface area contributed by atoms with Crippen molar-refractivity contribution in [1.29, 1.82) is 0 Å². The molecular weight excluding hydrogens is 408 g/mol. The van der Waals surface area contributed by atoms with Gasteiger partial charge in [-0.05, 0) is 18.2 Å². The van der Waals surface area contributed by atoms with Gasteiger partial charge in [-0.3, -0.25) is 9.59 Å². The van der Waals surface area contributed by atoms with Gasteiger partial charge in [-0.25, -0.2) is 0 Å². The second-order valence-corrected chi connectivity index (χ2v) is 8.22. The zero-order valence-corrected chi connectivity index (χ0v) is 17.8. The van der Waals surface area contributed by atoms with Crippen LogP contribution in [0.4, 0.5) is 5.69 Å². The summed E-state index contributed by atoms with van der Waals surface area (Å²) in [5.41, 5.74) is 1.82. The Morgan fingerprint density at radius 3 is 2.62 bits per heavy atom. The van der Waals surface area contributed by atoms with Crippen LogP contribution in [0.3, 0.4) is 0 Å². The highest BCUT2D eigenvalue weighted by atomic mass is 16.5. The number of hydrogen-bond donors (Lipinski definition) is 0. The van der Waals surface area contributed by atoms with E-state index in [4.69, 9.17) is 9.26 Å². The third kappa shape index (κ3) is 3.84. The molecule has 0 radical (unpaired) electrons. The van der Waals surface area contributed by atoms with E-state index in [1.54, 1.807) is 16.9 Å². The van der Waals surface area contributed by atoms with Crippen molar-refractivity contribution in [3.63, 3.8) is 0 Å². The zero-order valence-electron chi connectivity index (χ0n) is 17.8. The Bertz CT molecular complexity index is 1120. The zero-order chi connectivity index (χ0) is 22.1. The molecule has 1 atom stereocenters. The third-order valence-corrected chi connectivity index (χ3v) is 6.11. The van der Waals surface area contributed by atoms with E-state index in [9.17, 15) is 9.59 Å². The first-order valence-electron chi connectivity index (χ1n) is 10.7. The molecular formula is C24H24N4O4. The Labute approximate surface area is 185 Å². The van der Waals surface area contributed by atoms with Gasteiger partial charge in [0.15, 0.2) is 5.82 Å². The standard InChI is InChI=1S/C24H24N4O4/c1-31-20-10-6-5-7-16(20)11-21-25-23(32-26-21)18-13-27(14-18)24(30)17-12-22(29)28(15-17)19-8-3-2-4-9-19/h2-10,17-18H,11-15H2,1H3. The van der Waals surface area contributed by atoms with Crippen molar-refractivity contribution in [2.45, 2.75) is 18.8 Å². The molecule has 0 aliphatic carbocycles. The van der Waals surface area contributed by atoms with Crippen LogP contribution in [0.1, 0.15) is 29.6 Å². The number of para-hydroxylation sites is 2. The maximum Gasteiger partial charge on any atom is 0.233 e. The minimum atomic E-state index is -0.313. The lowest BCUT2D eigenvalue weighted by molar-refractivity contribution is -0.140. The molecule has 32 heavy (non-hydrogen) atoms. The van der Waals surface area contributed by atoms with Gasteiger partial charge in [-0.15, -0.1) is 0 Å². The maximum atomic E-state index is 12.9. The van der Waals surface area contributed by atoms with Crippen LogP contribution in [0.25, 0.3) is 0 Å². The van der Waals surface area contributed by atoms with E-state index in [0.717, 1.165) is 17.0 Å². The fourth-order valence-electron chi connectivity index (χ4n) is 4.33. The fraction of sp³-hybridized carbons (Fsp3) is 0.333. The van der Waals surface area contributed by atoms with Gasteiger partial charge in [-0.1, -0.05) is 41.6 Å². The quantitative estimate of drug-likeness (QED) is 0.595. The number of hydrogen-bond acceptors (Lipinski definition) is 6. The second kappa shape index (κ2) is 8.45. The highest BCUT2D eigenvalue weighted by molar-refractivity contribution is 6.00. The van der Waals surface area contributed by atoms with Crippen LogP contribution in [0.5, 0.6) is 5.75 Å². The molecule has 0 saturated carbocycles. The van der Waals surface area contributed by atoms with Gasteiger partial charge in [0, 0.05) is 43.7 Å². The predicted octanol–water partition coefficient (Wildman–Crippen LogP) is 2.65. The van der Waals surface area contributed by atoms with Gasteiger partial charge in [0.05, 0.1) is 18.9 Å². The van der Waals surface area contributed by atoms with Crippen LogP contribution in [-0.2, 0) is 16.0 Å². The molecule has 0 bridgehead atoms. The molecule has 3 aromatic rings. The first-order chi connectivity index (χ1) is 15.6. The Kier molecular flexibility index (Phi) is 5.34. The Hall–Kier alpha value is -3.68. The first-order valence-corrected chi connectivity index (χ1v) is 10.7. The summed E-state index contributed by atoms with van der Waals surface area (Å²) in [5.74, 6) is 1.65. The molecule has 2 fully saturated rings. The van der Waals surface area contributed by atoms with Crippen LogP contribution in [0, 0.1) is 5.92 Å². The summed E-state index contributed by atoms with van der Waals surface area (Å²) in [6.07, 6.45) is 0.765. The van der Waals surface area contributed by atoms with E-state index in [1.165, 1.54) is 0 Å². The minimum absolute atomic E-state index is 0.00972. The van der Waals surface area contributed by atoms with Gasteiger partial charge < -0.3 is 19.1 Å². The van der Waals surface area contributed by atoms with Crippen LogP contribution in [0.15, 0.2) is 59.1 Å². The van der Waals surface area contributed by atoms with Crippen molar-refractivity contribution < 1.29 is 18.8 Å². The lowest BCUT2D eigenvalue weighted by Crippen LogP contribution is -2.51. The minimum Gasteiger partial charge on any atom is -0.496 e. The smallest absolute Gasteiger partial charge is 0.233 e. The topological polar surface area (TPSA) is 88.8 Å². The molecule has 2 saturated heterocycles. The summed E-state index contributed by atoms with van der Waals surface area (Å²) in [6, 6.07) is 17.2. The number of carbonyl (C=O) groups is 2. The monoisotopic (exact) mass is 432 g/mol. The Morgan fingerprint density at radius 1 is 1.09 bits per heavy atom. The summed E-state index contributed by atoms with van der Waals surface area (Å²) in [6.45, 7) is 1.49. The van der Waals surface area contributed by atoms with Crippen molar-refractivity contribution in [1.82, 2.24) is 15.0 Å². The van der Waals surface area contributed by atoms with Crippen LogP contribution in [-0.4, -0.2) is 53.6 Å². The normalized spacial score (nSPS) is 18.7. The highest BCUT2D eigenvalue weighted by Gasteiger charge is 2.42. The number of aromatic nitrogens is 2. The average Bonchev–Trinajstić information content (AvgIpc) is 3.40. The molecule has 3 heterocycles. The average molecular weight is 432 g/mol. The third-order valence-electron chi connectivity index (χ3n) is 6.11. The number of methoxy groups -OCH3 is 1. The molecule has 1 unspecified atom stereocenters. The number of likely N-dealkylation sites (tertiary alicyclic amines) is 1. The number of rotatable bonds is 6. The van der Waals surface area contributed by atoms with Gasteiger partial charge in [0.2, 0.25) is 17.7 Å². The van der Waals surface area contributed by atoms with Gasteiger partial charge in [0.25, 0.3) is 0 Å². The van der Waals surface area contributed by atoms with Crippen LogP contribution in [0.2, 0.25) is 0 Å². The van der Waals surface area contributed by atoms with E-state index < -0.39 is 0 Å². The summed E-state index contributed by atoms with van der Waals surface area (Å²) in [7, 11) is 1.64. The molecule has 0 spiro atoms. The Balaban J connectivity index is 1.17. The second-order valence-electron chi connectivity index (χ2n) is 8.22. The number of carbonyl (C=O) groups excluding carboxylic acids is 2. The maximum absolute atomic E-state index is 12.9. The Morgan fingerprint density at radius 2 is 1.84 bits per heavy atom. The number of benzene rings is 2. The molecule has 2 aromatic carbocycles. The van der Waals surface area contributed by atoms with E-state index in [-0.39, 0.29) is 30.1 Å². The number of ether oxygens (including phenoxy) is 1. The van der Waals surface area contributed by atoms with Crippen LogP contribution >= 0.6 is 0 Å². The molecule has 1 aromatic heterocycles. The summed E-state index contributed by atoms with van der Waals surface area (Å²) >= 11 is 0. The molecule has 8 heteroatoms. The largest absolute Gasteiger partial charge is 0.496 e. The van der Waals surface area contributed by atoms with Gasteiger partial charge >= 0.3 is 0 Å². The van der Waals surface area contributed by atoms with E-state index in [0.29, 0.717) is 37.8 Å². The molecule has 5 rings (SSSR count). The van der Waals surface area contributed by atoms with Crippen LogP contribution < -0.4 is 9.64 Å². The van der Waals surface area contributed by atoms with E-state index >= 15 is 0 Å². The lowest BCUT2D eigenvalue weighted by atomic mass is 9.96. The van der Waals surface area contributed by atoms with Crippen molar-refractivity contribution in [2.75, 3.05) is 31.6 Å². The number of amides is 2. The van der Waals surface area contributed by atoms with Gasteiger partial charge in [0.1, 0.15) is 5.75 Å². The molecule has 2 aliphatic rings. The number of nitrogens with zero attached hydrogens (tertiary/aromatic N) is 4. The lowest BCUT2D eigenvalue weighted by Gasteiger charge is -2.38. The van der Waals surface area contributed by atoms with Crippen molar-refractivity contribution in [3.05, 3.63) is 71.9 Å². The van der Waals surface area contributed by atoms with Crippen molar-refractivity contribution in [3.8, 4) is 5.75 Å². The predicted molar refractivity (Wildman–Crippen MR) is 116 cm³/mol. The highest BCUT2D eigenvalue weighted by Crippen LogP contribution is 2.31. The van der Waals surface area contributed by atoms with Gasteiger partial charge in [-0.2, -0.15) is 4.98 Å². The molecule has 2 amide bonds. The molecule has 164 valence electrons. The molecule has 2 aliphatic heterocycles. The summed E-state index contributed by atoms with van der Waals surface area (Å²) in [5, 5.41) is 4.09. The summed E-state index contributed by atoms with van der Waals surface area (Å²) < 4.78 is 10.8. The SMILES string of the molecule is COc1ccccc1Cc1noc(C2CN(C(=O)C3CC(=O)N(c4ccccc4)C3)C2)n1. The van der Waals surface area contributed by atoms with E-state index in [1.807, 2.05) is 54.6 Å². The van der Waals surface area contributed by atoms with Crippen molar-refractivity contribution >= 4 is 17.5 Å².